The zero-order valence-electron chi connectivity index (χ0n) is 12.3. The van der Waals surface area contributed by atoms with Crippen LogP contribution in [0.1, 0.15) is 26.3 Å². The maximum absolute atomic E-state index is 12.9. The fourth-order valence-corrected chi connectivity index (χ4v) is 3.59. The normalized spacial score (nSPS) is 13.7. The van der Waals surface area contributed by atoms with Crippen LogP contribution in [-0.2, 0) is 0 Å². The van der Waals surface area contributed by atoms with Gasteiger partial charge in [0, 0.05) is 21.0 Å². The van der Waals surface area contributed by atoms with Crippen LogP contribution in [0.15, 0.2) is 59.1 Å². The molecule has 1 heterocycles. The van der Waals surface area contributed by atoms with Crippen LogP contribution in [0, 0.1) is 6.92 Å². The van der Waals surface area contributed by atoms with Gasteiger partial charge in [-0.05, 0) is 48.2 Å². The van der Waals surface area contributed by atoms with E-state index in [1.807, 2.05) is 43.3 Å². The topological polar surface area (TPSA) is 37.4 Å². The van der Waals surface area contributed by atoms with Gasteiger partial charge in [0.25, 0.3) is 11.8 Å². The van der Waals surface area contributed by atoms with Gasteiger partial charge in [0.15, 0.2) is 0 Å². The quantitative estimate of drug-likeness (QED) is 0.585. The highest BCUT2D eigenvalue weighted by atomic mass is 79.9. The summed E-state index contributed by atoms with van der Waals surface area (Å²) in [6.45, 7) is 1.89. The summed E-state index contributed by atoms with van der Waals surface area (Å²) in [7, 11) is 0. The Hall–Kier alpha value is -2.46. The van der Waals surface area contributed by atoms with Gasteiger partial charge in [0.2, 0.25) is 0 Å². The summed E-state index contributed by atoms with van der Waals surface area (Å²) in [5.74, 6) is -0.547. The van der Waals surface area contributed by atoms with Crippen molar-refractivity contribution in [3.05, 3.63) is 75.8 Å². The predicted molar refractivity (Wildman–Crippen MR) is 94.0 cm³/mol. The van der Waals surface area contributed by atoms with Crippen LogP contribution in [-0.4, -0.2) is 11.8 Å². The molecule has 112 valence electrons. The molecule has 0 saturated heterocycles. The van der Waals surface area contributed by atoms with E-state index in [4.69, 9.17) is 0 Å². The van der Waals surface area contributed by atoms with Gasteiger partial charge in [-0.1, -0.05) is 40.2 Å². The monoisotopic (exact) mass is 365 g/mol. The molecule has 3 nitrogen and oxygen atoms in total. The number of nitrogens with zero attached hydrogens (tertiary/aromatic N) is 1. The molecule has 4 heteroatoms. The van der Waals surface area contributed by atoms with E-state index in [9.17, 15) is 9.59 Å². The van der Waals surface area contributed by atoms with Gasteiger partial charge in [-0.3, -0.25) is 9.59 Å². The van der Waals surface area contributed by atoms with E-state index in [0.29, 0.717) is 16.8 Å². The molecule has 1 aliphatic rings. The van der Waals surface area contributed by atoms with Crippen LogP contribution in [0.25, 0.3) is 10.8 Å². The lowest BCUT2D eigenvalue weighted by Gasteiger charge is -2.28. The molecule has 4 rings (SSSR count). The summed E-state index contributed by atoms with van der Waals surface area (Å²) in [5.41, 5.74) is 2.63. The molecule has 0 radical (unpaired) electrons. The van der Waals surface area contributed by atoms with E-state index in [2.05, 4.69) is 15.9 Å². The van der Waals surface area contributed by atoms with Crippen molar-refractivity contribution in [1.29, 1.82) is 0 Å². The number of amides is 2. The highest BCUT2D eigenvalue weighted by Gasteiger charge is 2.34. The maximum Gasteiger partial charge on any atom is 0.265 e. The second kappa shape index (κ2) is 5.03. The van der Waals surface area contributed by atoms with Crippen molar-refractivity contribution in [3.8, 4) is 0 Å². The first-order valence-corrected chi connectivity index (χ1v) is 8.04. The summed E-state index contributed by atoms with van der Waals surface area (Å²) in [6.07, 6.45) is 0. The number of hydrogen-bond acceptors (Lipinski definition) is 2. The molecular formula is C19H12BrNO2. The van der Waals surface area contributed by atoms with Gasteiger partial charge in [-0.25, -0.2) is 4.90 Å². The van der Waals surface area contributed by atoms with Gasteiger partial charge in [-0.2, -0.15) is 0 Å². The second-order valence-corrected chi connectivity index (χ2v) is 6.50. The number of hydrogen-bond donors (Lipinski definition) is 0. The number of imide groups is 1. The summed E-state index contributed by atoms with van der Waals surface area (Å²) >= 11 is 3.41. The molecule has 0 bridgehead atoms. The molecule has 0 aromatic heterocycles. The minimum absolute atomic E-state index is 0.273. The number of carbonyl (C=O) groups excluding carboxylic acids is 2. The van der Waals surface area contributed by atoms with E-state index >= 15 is 0 Å². The van der Waals surface area contributed by atoms with Crippen LogP contribution >= 0.6 is 15.9 Å². The van der Waals surface area contributed by atoms with Gasteiger partial charge in [-0.15, -0.1) is 0 Å². The Morgan fingerprint density at radius 3 is 2.04 bits per heavy atom. The Bertz CT molecular complexity index is 943. The molecule has 0 atom stereocenters. The van der Waals surface area contributed by atoms with Crippen LogP contribution < -0.4 is 4.90 Å². The lowest BCUT2D eigenvalue weighted by Crippen LogP contribution is -2.40. The molecule has 0 N–H and O–H groups in total. The predicted octanol–water partition coefficient (Wildman–Crippen LogP) is 4.71. The fourth-order valence-electron chi connectivity index (χ4n) is 3.12. The molecule has 0 aliphatic carbocycles. The number of rotatable bonds is 1. The SMILES string of the molecule is Cc1cc(Br)ccc1N1C(=O)c2cccc3cccc(c23)C1=O. The van der Waals surface area contributed by atoms with Crippen molar-refractivity contribution in [2.45, 2.75) is 6.92 Å². The van der Waals surface area contributed by atoms with E-state index in [0.717, 1.165) is 20.8 Å². The van der Waals surface area contributed by atoms with E-state index in [1.165, 1.54) is 4.90 Å². The van der Waals surface area contributed by atoms with E-state index in [1.54, 1.807) is 18.2 Å². The van der Waals surface area contributed by atoms with Crippen molar-refractivity contribution < 1.29 is 9.59 Å². The van der Waals surface area contributed by atoms with Crippen LogP contribution in [0.2, 0.25) is 0 Å². The molecule has 0 unspecified atom stereocenters. The molecule has 0 fully saturated rings. The molecule has 3 aromatic rings. The Balaban J connectivity index is 1.99. The van der Waals surface area contributed by atoms with E-state index < -0.39 is 0 Å². The van der Waals surface area contributed by atoms with Crippen molar-refractivity contribution in [2.24, 2.45) is 0 Å². The number of halogens is 1. The molecule has 1 aliphatic heterocycles. The average Bonchev–Trinajstić information content (AvgIpc) is 2.54. The third-order valence-electron chi connectivity index (χ3n) is 4.17. The summed E-state index contributed by atoms with van der Waals surface area (Å²) in [6, 6.07) is 16.6. The first-order valence-electron chi connectivity index (χ1n) is 7.24. The lowest BCUT2D eigenvalue weighted by atomic mass is 9.93. The van der Waals surface area contributed by atoms with Gasteiger partial charge >= 0.3 is 0 Å². The molecule has 0 saturated carbocycles. The number of benzene rings is 3. The largest absolute Gasteiger partial charge is 0.268 e. The Kier molecular flexibility index (Phi) is 3.10. The molecule has 23 heavy (non-hydrogen) atoms. The Morgan fingerprint density at radius 2 is 1.48 bits per heavy atom. The van der Waals surface area contributed by atoms with Crippen LogP contribution in [0.4, 0.5) is 5.69 Å². The van der Waals surface area contributed by atoms with Crippen molar-refractivity contribution in [2.75, 3.05) is 4.90 Å². The fraction of sp³-hybridized carbons (Fsp3) is 0.0526. The maximum atomic E-state index is 12.9. The lowest BCUT2D eigenvalue weighted by molar-refractivity contribution is 0.0893. The van der Waals surface area contributed by atoms with Crippen LogP contribution in [0.5, 0.6) is 0 Å². The number of anilines is 1. The van der Waals surface area contributed by atoms with Gasteiger partial charge < -0.3 is 0 Å². The van der Waals surface area contributed by atoms with Crippen LogP contribution in [0.3, 0.4) is 0 Å². The first-order chi connectivity index (χ1) is 11.1. The standard InChI is InChI=1S/C19H12BrNO2/c1-11-10-13(20)8-9-16(11)21-18(22)14-6-2-4-12-5-3-7-15(17(12)14)19(21)23/h2-10H,1H3. The first kappa shape index (κ1) is 14.2. The number of carbonyl (C=O) groups is 2. The average molecular weight is 366 g/mol. The summed E-state index contributed by atoms with van der Waals surface area (Å²) < 4.78 is 0.915. The van der Waals surface area contributed by atoms with Gasteiger partial charge in [0.1, 0.15) is 0 Å². The smallest absolute Gasteiger partial charge is 0.265 e. The van der Waals surface area contributed by atoms with Crippen molar-refractivity contribution >= 4 is 44.2 Å². The summed E-state index contributed by atoms with van der Waals surface area (Å²) in [4.78, 5) is 27.2. The molecule has 0 spiro atoms. The van der Waals surface area contributed by atoms with Gasteiger partial charge in [0.05, 0.1) is 5.69 Å². The Labute approximate surface area is 141 Å². The minimum atomic E-state index is -0.273. The highest BCUT2D eigenvalue weighted by molar-refractivity contribution is 9.10. The molecular weight excluding hydrogens is 354 g/mol. The van der Waals surface area contributed by atoms with Crippen molar-refractivity contribution in [3.63, 3.8) is 0 Å². The third-order valence-corrected chi connectivity index (χ3v) is 4.66. The zero-order valence-corrected chi connectivity index (χ0v) is 13.9. The highest BCUT2D eigenvalue weighted by Crippen LogP contribution is 2.34. The van der Waals surface area contributed by atoms with Crippen molar-refractivity contribution in [1.82, 2.24) is 0 Å². The Morgan fingerprint density at radius 1 is 0.870 bits per heavy atom. The third kappa shape index (κ3) is 2.02. The minimum Gasteiger partial charge on any atom is -0.268 e. The zero-order chi connectivity index (χ0) is 16.1. The molecule has 3 aromatic carbocycles. The second-order valence-electron chi connectivity index (χ2n) is 5.59. The van der Waals surface area contributed by atoms with E-state index in [-0.39, 0.29) is 11.8 Å². The summed E-state index contributed by atoms with van der Waals surface area (Å²) in [5, 5.41) is 1.66. The molecule has 2 amide bonds. The number of aryl methyl sites for hydroxylation is 1.